The van der Waals surface area contributed by atoms with Gasteiger partial charge in [-0.15, -0.1) is 0 Å². The molecule has 6 heteroatoms. The summed E-state index contributed by atoms with van der Waals surface area (Å²) in [6.07, 6.45) is 43.1. The molecule has 0 aromatic heterocycles. The Morgan fingerprint density at radius 3 is 1.48 bits per heavy atom. The molecule has 0 atom stereocenters. The maximum Gasteiger partial charge on any atom is 0.305 e. The second-order valence-corrected chi connectivity index (χ2v) is 23.1. The molecular formula is C56H93NO4Si. The summed E-state index contributed by atoms with van der Waals surface area (Å²) < 4.78 is 12.8. The molecule has 0 heterocycles. The molecule has 0 spiro atoms. The van der Waals surface area contributed by atoms with Crippen LogP contribution in [0.3, 0.4) is 0 Å². The first-order valence-electron chi connectivity index (χ1n) is 25.7. The Morgan fingerprint density at radius 2 is 0.984 bits per heavy atom. The van der Waals surface area contributed by atoms with Crippen molar-refractivity contribution in [2.75, 3.05) is 32.8 Å². The lowest BCUT2D eigenvalue weighted by atomic mass is 10.1. The minimum Gasteiger partial charge on any atom is -0.466 e. The summed E-state index contributed by atoms with van der Waals surface area (Å²) >= 11 is 0. The standard InChI is InChI=1S/C56H93NO4Si/c1-5-6-7-8-9-10-11-12-13-14-15-16-17-22-27-38-47-57(49-52-61-62(56(2,3)4,53-42-33-31-34-43-53)54-44-35-32-36-45-54)48-39-28-23-18-19-25-30-41-51-60-55(59)46-37-26-21-20-24-29-40-50-58/h9-10,12-13,31-36,42-45,50H,5-8,11,14-30,37-41,46-49,51-52H2,1-4H3/b10-9-,13-12-. The van der Waals surface area contributed by atoms with E-state index in [-0.39, 0.29) is 11.0 Å². The molecule has 2 rings (SSSR count). The van der Waals surface area contributed by atoms with Crippen LogP contribution in [0.5, 0.6) is 0 Å². The number of nitrogens with zero attached hydrogens (tertiary/aromatic N) is 1. The summed E-state index contributed by atoms with van der Waals surface area (Å²) in [4.78, 5) is 25.2. The lowest BCUT2D eigenvalue weighted by molar-refractivity contribution is -0.143. The zero-order chi connectivity index (χ0) is 44.7. The molecule has 0 radical (unpaired) electrons. The molecule has 0 N–H and O–H groups in total. The van der Waals surface area contributed by atoms with E-state index in [1.54, 1.807) is 0 Å². The van der Waals surface area contributed by atoms with Crippen LogP contribution in [0.1, 0.15) is 207 Å². The van der Waals surface area contributed by atoms with Gasteiger partial charge in [-0.05, 0) is 92.7 Å². The molecule has 0 bridgehead atoms. The normalized spacial score (nSPS) is 12.3. The molecule has 2 aromatic carbocycles. The van der Waals surface area contributed by atoms with Crippen molar-refractivity contribution in [2.45, 2.75) is 213 Å². The highest BCUT2D eigenvalue weighted by atomic mass is 28.4. The topological polar surface area (TPSA) is 55.8 Å². The van der Waals surface area contributed by atoms with Gasteiger partial charge in [0.2, 0.25) is 0 Å². The van der Waals surface area contributed by atoms with Gasteiger partial charge in [0.25, 0.3) is 8.32 Å². The molecule has 0 aliphatic carbocycles. The van der Waals surface area contributed by atoms with Crippen molar-refractivity contribution in [2.24, 2.45) is 0 Å². The molecular weight excluding hydrogens is 779 g/mol. The molecule has 5 nitrogen and oxygen atoms in total. The minimum absolute atomic E-state index is 0.00866. The van der Waals surface area contributed by atoms with E-state index in [2.05, 4.69) is 118 Å². The summed E-state index contributed by atoms with van der Waals surface area (Å²) in [5.74, 6) is -0.0411. The third-order valence-corrected chi connectivity index (χ3v) is 17.4. The molecule has 0 fully saturated rings. The second kappa shape index (κ2) is 37.6. The number of unbranched alkanes of at least 4 members (excludes halogenated alkanes) is 22. The first-order valence-corrected chi connectivity index (χ1v) is 27.6. The maximum absolute atomic E-state index is 12.1. The number of hydrogen-bond acceptors (Lipinski definition) is 5. The van der Waals surface area contributed by atoms with E-state index in [1.807, 2.05) is 0 Å². The predicted octanol–water partition coefficient (Wildman–Crippen LogP) is 14.7. The fraction of sp³-hybridized carbons (Fsp3) is 0.679. The fourth-order valence-electron chi connectivity index (χ4n) is 8.71. The highest BCUT2D eigenvalue weighted by Crippen LogP contribution is 2.36. The first-order chi connectivity index (χ1) is 30.3. The minimum atomic E-state index is -2.54. The number of ether oxygens (including phenoxy) is 1. The van der Waals surface area contributed by atoms with Crippen LogP contribution in [-0.4, -0.2) is 58.3 Å². The molecule has 62 heavy (non-hydrogen) atoms. The van der Waals surface area contributed by atoms with Crippen molar-refractivity contribution in [3.63, 3.8) is 0 Å². The van der Waals surface area contributed by atoms with Crippen LogP contribution in [0.2, 0.25) is 5.04 Å². The number of rotatable bonds is 41. The summed E-state index contributed by atoms with van der Waals surface area (Å²) in [5, 5.41) is 2.71. The SMILES string of the molecule is CCCCC/C=C\C/C=C\CCCCCCCCN(CCCCCCCCCCOC(=O)CCCCCCCCC=O)CCO[Si](c1ccccc1)(c1ccccc1)C(C)(C)C. The highest BCUT2D eigenvalue weighted by Gasteiger charge is 2.50. The van der Waals surface area contributed by atoms with E-state index in [9.17, 15) is 9.59 Å². The highest BCUT2D eigenvalue weighted by molar-refractivity contribution is 6.99. The Labute approximate surface area is 383 Å². The van der Waals surface area contributed by atoms with Crippen LogP contribution < -0.4 is 10.4 Å². The van der Waals surface area contributed by atoms with Gasteiger partial charge in [0.1, 0.15) is 6.29 Å². The van der Waals surface area contributed by atoms with Gasteiger partial charge < -0.3 is 18.9 Å². The number of allylic oxidation sites excluding steroid dienone is 4. The predicted molar refractivity (Wildman–Crippen MR) is 270 cm³/mol. The van der Waals surface area contributed by atoms with Crippen LogP contribution >= 0.6 is 0 Å². The van der Waals surface area contributed by atoms with E-state index >= 15 is 0 Å². The third kappa shape index (κ3) is 26.1. The summed E-state index contributed by atoms with van der Waals surface area (Å²) in [6, 6.07) is 22.2. The van der Waals surface area contributed by atoms with Crippen molar-refractivity contribution < 1.29 is 18.8 Å². The quantitative estimate of drug-likeness (QED) is 0.0219. The van der Waals surface area contributed by atoms with Crippen molar-refractivity contribution in [1.82, 2.24) is 4.90 Å². The van der Waals surface area contributed by atoms with E-state index in [0.717, 1.165) is 90.3 Å². The van der Waals surface area contributed by atoms with Gasteiger partial charge in [-0.2, -0.15) is 0 Å². The second-order valence-electron chi connectivity index (χ2n) is 18.8. The summed E-state index contributed by atoms with van der Waals surface area (Å²) in [6.45, 7) is 14.0. The molecule has 2 aromatic rings. The monoisotopic (exact) mass is 872 g/mol. The average molecular weight is 872 g/mol. The van der Waals surface area contributed by atoms with Crippen LogP contribution in [-0.2, 0) is 18.8 Å². The van der Waals surface area contributed by atoms with Crippen molar-refractivity contribution in [3.05, 3.63) is 85.0 Å². The molecule has 0 saturated heterocycles. The van der Waals surface area contributed by atoms with E-state index in [1.165, 1.54) is 120 Å². The Kier molecular flexibility index (Phi) is 33.5. The van der Waals surface area contributed by atoms with Gasteiger partial charge >= 0.3 is 5.97 Å². The van der Waals surface area contributed by atoms with E-state index in [0.29, 0.717) is 19.4 Å². The Morgan fingerprint density at radius 1 is 0.532 bits per heavy atom. The van der Waals surface area contributed by atoms with Gasteiger partial charge in [-0.1, -0.05) is 215 Å². The Bertz CT molecular complexity index is 1350. The first kappa shape index (κ1) is 55.3. The number of carbonyl (C=O) groups excluding carboxylic acids is 2. The third-order valence-electron chi connectivity index (χ3n) is 12.4. The maximum atomic E-state index is 12.1. The lowest BCUT2D eigenvalue weighted by Crippen LogP contribution is -2.67. The Hall–Kier alpha value is -2.80. The number of hydrogen-bond donors (Lipinski definition) is 0. The number of esters is 1. The summed E-state index contributed by atoms with van der Waals surface area (Å²) in [5.41, 5.74) is 0. The van der Waals surface area contributed by atoms with Gasteiger partial charge in [0.05, 0.1) is 6.61 Å². The molecule has 0 aliphatic heterocycles. The average Bonchev–Trinajstić information content (AvgIpc) is 3.27. The fourth-order valence-corrected chi connectivity index (χ4v) is 13.3. The van der Waals surface area contributed by atoms with Gasteiger partial charge in [0, 0.05) is 26.0 Å². The number of carbonyl (C=O) groups is 2. The van der Waals surface area contributed by atoms with Crippen LogP contribution in [0.25, 0.3) is 0 Å². The van der Waals surface area contributed by atoms with Gasteiger partial charge in [-0.25, -0.2) is 0 Å². The molecule has 0 amide bonds. The molecule has 0 unspecified atom stereocenters. The van der Waals surface area contributed by atoms with Crippen molar-refractivity contribution in [1.29, 1.82) is 0 Å². The lowest BCUT2D eigenvalue weighted by Gasteiger charge is -2.43. The van der Waals surface area contributed by atoms with Crippen LogP contribution in [0.15, 0.2) is 85.0 Å². The van der Waals surface area contributed by atoms with Gasteiger partial charge in [0.15, 0.2) is 0 Å². The Balaban J connectivity index is 1.74. The van der Waals surface area contributed by atoms with Crippen LogP contribution in [0, 0.1) is 0 Å². The van der Waals surface area contributed by atoms with Gasteiger partial charge in [-0.3, -0.25) is 4.79 Å². The molecule has 0 aliphatic rings. The van der Waals surface area contributed by atoms with Crippen molar-refractivity contribution >= 4 is 30.9 Å². The zero-order valence-electron chi connectivity index (χ0n) is 40.6. The largest absolute Gasteiger partial charge is 0.466 e. The number of aldehydes is 1. The van der Waals surface area contributed by atoms with E-state index < -0.39 is 8.32 Å². The van der Waals surface area contributed by atoms with Crippen LogP contribution in [0.4, 0.5) is 0 Å². The van der Waals surface area contributed by atoms with Crippen molar-refractivity contribution in [3.8, 4) is 0 Å². The molecule has 0 saturated carbocycles. The van der Waals surface area contributed by atoms with E-state index in [4.69, 9.17) is 9.16 Å². The number of benzene rings is 2. The zero-order valence-corrected chi connectivity index (χ0v) is 41.6. The molecule has 350 valence electrons. The summed E-state index contributed by atoms with van der Waals surface area (Å²) in [7, 11) is -2.54. The smallest absolute Gasteiger partial charge is 0.305 e.